The van der Waals surface area contributed by atoms with Crippen molar-refractivity contribution >= 4 is 32.8 Å². The molecule has 0 saturated carbocycles. The summed E-state index contributed by atoms with van der Waals surface area (Å²) >= 11 is 3.48. The zero-order valence-electron chi connectivity index (χ0n) is 11.3. The number of aromatic nitrogens is 4. The van der Waals surface area contributed by atoms with E-state index in [1.165, 1.54) is 0 Å². The van der Waals surface area contributed by atoms with Gasteiger partial charge in [-0.15, -0.1) is 0 Å². The van der Waals surface area contributed by atoms with Gasteiger partial charge in [0.25, 0.3) is 0 Å². The monoisotopic (exact) mass is 331 g/mol. The first kappa shape index (κ1) is 13.1. The highest BCUT2D eigenvalue weighted by molar-refractivity contribution is 9.10. The molecular formula is C14H14BrN5. The Balaban J connectivity index is 2.20. The van der Waals surface area contributed by atoms with Crippen molar-refractivity contribution in [1.29, 1.82) is 0 Å². The lowest BCUT2D eigenvalue weighted by molar-refractivity contribution is 0.887. The van der Waals surface area contributed by atoms with Crippen LogP contribution in [0.5, 0.6) is 0 Å². The lowest BCUT2D eigenvalue weighted by atomic mass is 10.2. The molecule has 2 aromatic heterocycles. The first-order chi connectivity index (χ1) is 9.70. The molecule has 0 spiro atoms. The zero-order chi connectivity index (χ0) is 14.1. The standard InChI is InChI=1S/C14H14BrN5/c1-3-16-13-11-7-19-20(14(11)18-8-17-13)12-5-4-10(15)6-9(12)2/h4-8H,3H2,1-2H3,(H,16,17,18). The summed E-state index contributed by atoms with van der Waals surface area (Å²) in [7, 11) is 0. The number of benzene rings is 1. The number of nitrogens with zero attached hydrogens (tertiary/aromatic N) is 4. The summed E-state index contributed by atoms with van der Waals surface area (Å²) in [6.45, 7) is 4.91. The Kier molecular flexibility index (Phi) is 3.40. The van der Waals surface area contributed by atoms with Gasteiger partial charge in [0, 0.05) is 11.0 Å². The van der Waals surface area contributed by atoms with Crippen LogP contribution in [0.1, 0.15) is 12.5 Å². The summed E-state index contributed by atoms with van der Waals surface area (Å²) in [6.07, 6.45) is 3.36. The largest absolute Gasteiger partial charge is 0.370 e. The highest BCUT2D eigenvalue weighted by Gasteiger charge is 2.12. The van der Waals surface area contributed by atoms with Crippen LogP contribution in [0.25, 0.3) is 16.7 Å². The van der Waals surface area contributed by atoms with E-state index in [0.717, 1.165) is 39.1 Å². The summed E-state index contributed by atoms with van der Waals surface area (Å²) in [5.74, 6) is 0.818. The zero-order valence-corrected chi connectivity index (χ0v) is 12.8. The van der Waals surface area contributed by atoms with E-state index >= 15 is 0 Å². The summed E-state index contributed by atoms with van der Waals surface area (Å²) in [5, 5.41) is 8.61. The van der Waals surface area contributed by atoms with Crippen LogP contribution >= 0.6 is 15.9 Å². The predicted octanol–water partition coefficient (Wildman–Crippen LogP) is 3.32. The van der Waals surface area contributed by atoms with Gasteiger partial charge in [-0.25, -0.2) is 14.6 Å². The maximum Gasteiger partial charge on any atom is 0.168 e. The maximum absolute atomic E-state index is 4.46. The number of hydrogen-bond acceptors (Lipinski definition) is 4. The quantitative estimate of drug-likeness (QED) is 0.799. The number of anilines is 1. The summed E-state index contributed by atoms with van der Waals surface area (Å²) in [6, 6.07) is 6.10. The molecule has 1 aromatic carbocycles. The van der Waals surface area contributed by atoms with E-state index in [-0.39, 0.29) is 0 Å². The Bertz CT molecular complexity index is 765. The Morgan fingerprint density at radius 1 is 1.30 bits per heavy atom. The van der Waals surface area contributed by atoms with Gasteiger partial charge in [0.1, 0.15) is 12.1 Å². The first-order valence-corrected chi connectivity index (χ1v) is 7.19. The fourth-order valence-electron chi connectivity index (χ4n) is 2.19. The molecule has 0 unspecified atom stereocenters. The van der Waals surface area contributed by atoms with Gasteiger partial charge in [-0.1, -0.05) is 15.9 Å². The molecule has 102 valence electrons. The number of hydrogen-bond donors (Lipinski definition) is 1. The van der Waals surface area contributed by atoms with Crippen LogP contribution in [-0.2, 0) is 0 Å². The topological polar surface area (TPSA) is 55.6 Å². The van der Waals surface area contributed by atoms with Gasteiger partial charge in [-0.2, -0.15) is 5.10 Å². The van der Waals surface area contributed by atoms with Crippen molar-refractivity contribution in [2.45, 2.75) is 13.8 Å². The van der Waals surface area contributed by atoms with Gasteiger partial charge in [-0.3, -0.25) is 0 Å². The normalized spacial score (nSPS) is 10.9. The van der Waals surface area contributed by atoms with Crippen molar-refractivity contribution in [3.05, 3.63) is 40.8 Å². The molecule has 0 radical (unpaired) electrons. The van der Waals surface area contributed by atoms with Gasteiger partial charge >= 0.3 is 0 Å². The third-order valence-electron chi connectivity index (χ3n) is 3.10. The molecule has 0 bridgehead atoms. The second-order valence-corrected chi connectivity index (χ2v) is 5.39. The maximum atomic E-state index is 4.46. The van der Waals surface area contributed by atoms with Crippen molar-refractivity contribution in [3.63, 3.8) is 0 Å². The van der Waals surface area contributed by atoms with E-state index in [2.05, 4.69) is 49.3 Å². The molecule has 0 aliphatic heterocycles. The lowest BCUT2D eigenvalue weighted by Crippen LogP contribution is -2.02. The lowest BCUT2D eigenvalue weighted by Gasteiger charge is -2.08. The molecule has 0 aliphatic carbocycles. The molecule has 0 aliphatic rings. The molecule has 20 heavy (non-hydrogen) atoms. The van der Waals surface area contributed by atoms with E-state index in [1.54, 1.807) is 12.5 Å². The Labute approximate surface area is 125 Å². The minimum Gasteiger partial charge on any atom is -0.370 e. The Hall–Kier alpha value is -1.95. The second-order valence-electron chi connectivity index (χ2n) is 4.48. The third kappa shape index (κ3) is 2.16. The van der Waals surface area contributed by atoms with Crippen LogP contribution in [0, 0.1) is 6.92 Å². The minimum atomic E-state index is 0.807. The van der Waals surface area contributed by atoms with Gasteiger partial charge in [-0.05, 0) is 37.6 Å². The number of nitrogens with one attached hydrogen (secondary N) is 1. The average molecular weight is 332 g/mol. The average Bonchev–Trinajstić information content (AvgIpc) is 2.84. The third-order valence-corrected chi connectivity index (χ3v) is 3.59. The molecule has 3 aromatic rings. The van der Waals surface area contributed by atoms with E-state index in [9.17, 15) is 0 Å². The summed E-state index contributed by atoms with van der Waals surface area (Å²) < 4.78 is 2.90. The fourth-order valence-corrected chi connectivity index (χ4v) is 2.66. The van der Waals surface area contributed by atoms with E-state index in [1.807, 2.05) is 23.7 Å². The molecular weight excluding hydrogens is 318 g/mol. The molecule has 0 amide bonds. The Morgan fingerprint density at radius 3 is 2.90 bits per heavy atom. The number of aryl methyl sites for hydroxylation is 1. The van der Waals surface area contributed by atoms with Gasteiger partial charge in [0.05, 0.1) is 17.3 Å². The van der Waals surface area contributed by atoms with Crippen molar-refractivity contribution in [2.75, 3.05) is 11.9 Å². The molecule has 5 nitrogen and oxygen atoms in total. The van der Waals surface area contributed by atoms with Gasteiger partial charge < -0.3 is 5.32 Å². The van der Waals surface area contributed by atoms with E-state index in [4.69, 9.17) is 0 Å². The minimum absolute atomic E-state index is 0.807. The molecule has 6 heteroatoms. The van der Waals surface area contributed by atoms with Gasteiger partial charge in [0.15, 0.2) is 5.65 Å². The SMILES string of the molecule is CCNc1ncnc2c1cnn2-c1ccc(Br)cc1C. The van der Waals surface area contributed by atoms with Crippen LogP contribution in [0.4, 0.5) is 5.82 Å². The Morgan fingerprint density at radius 2 is 2.15 bits per heavy atom. The number of fused-ring (bicyclic) bond motifs is 1. The molecule has 2 heterocycles. The smallest absolute Gasteiger partial charge is 0.168 e. The highest BCUT2D eigenvalue weighted by Crippen LogP contribution is 2.24. The van der Waals surface area contributed by atoms with Crippen molar-refractivity contribution in [2.24, 2.45) is 0 Å². The number of rotatable bonds is 3. The van der Waals surface area contributed by atoms with E-state index in [0.29, 0.717) is 0 Å². The van der Waals surface area contributed by atoms with Gasteiger partial charge in [0.2, 0.25) is 0 Å². The summed E-state index contributed by atoms with van der Waals surface area (Å²) in [4.78, 5) is 8.62. The van der Waals surface area contributed by atoms with Crippen LogP contribution in [-0.4, -0.2) is 26.3 Å². The molecule has 0 saturated heterocycles. The first-order valence-electron chi connectivity index (χ1n) is 6.40. The summed E-state index contributed by atoms with van der Waals surface area (Å²) in [5.41, 5.74) is 2.96. The van der Waals surface area contributed by atoms with Crippen LogP contribution in [0.15, 0.2) is 35.2 Å². The molecule has 1 N–H and O–H groups in total. The van der Waals surface area contributed by atoms with Crippen molar-refractivity contribution in [3.8, 4) is 5.69 Å². The van der Waals surface area contributed by atoms with Crippen molar-refractivity contribution < 1.29 is 0 Å². The van der Waals surface area contributed by atoms with Crippen molar-refractivity contribution in [1.82, 2.24) is 19.7 Å². The number of halogens is 1. The second kappa shape index (κ2) is 5.20. The highest BCUT2D eigenvalue weighted by atomic mass is 79.9. The molecule has 3 rings (SSSR count). The van der Waals surface area contributed by atoms with E-state index < -0.39 is 0 Å². The van der Waals surface area contributed by atoms with Crippen LogP contribution in [0.2, 0.25) is 0 Å². The van der Waals surface area contributed by atoms with Crippen LogP contribution < -0.4 is 5.32 Å². The fraction of sp³-hybridized carbons (Fsp3) is 0.214. The molecule has 0 atom stereocenters. The van der Waals surface area contributed by atoms with Crippen LogP contribution in [0.3, 0.4) is 0 Å². The molecule has 0 fully saturated rings. The predicted molar refractivity (Wildman–Crippen MR) is 83.3 cm³/mol.